The Morgan fingerprint density at radius 2 is 1.80 bits per heavy atom. The maximum absolute atomic E-state index is 13.0. The number of alkyl halides is 1. The lowest BCUT2D eigenvalue weighted by atomic mass is 10.1. The first-order valence-electron chi connectivity index (χ1n) is 4.58. The number of nitrogens with zero attached hydrogens (tertiary/aromatic N) is 1. The van der Waals surface area contributed by atoms with Crippen LogP contribution in [0.25, 0.3) is 11.3 Å². The Kier molecular flexibility index (Phi) is 2.97. The molecule has 15 heavy (non-hydrogen) atoms. The molecule has 1 aromatic carbocycles. The van der Waals surface area contributed by atoms with E-state index in [9.17, 15) is 4.39 Å². The van der Waals surface area contributed by atoms with Crippen LogP contribution in [0.2, 0.25) is 0 Å². The Hall–Kier alpha value is -1.41. The van der Waals surface area contributed by atoms with Gasteiger partial charge in [0.25, 0.3) is 0 Å². The molecule has 0 atom stereocenters. The van der Waals surface area contributed by atoms with Crippen LogP contribution in [0.4, 0.5) is 4.39 Å². The van der Waals surface area contributed by atoms with E-state index >= 15 is 0 Å². The Balaban J connectivity index is 2.56. The second kappa shape index (κ2) is 4.41. The zero-order chi connectivity index (χ0) is 10.7. The van der Waals surface area contributed by atoms with Crippen molar-refractivity contribution in [3.05, 3.63) is 54.0 Å². The molecule has 0 radical (unpaired) electrons. The van der Waals surface area contributed by atoms with Gasteiger partial charge in [0, 0.05) is 11.4 Å². The third kappa shape index (κ3) is 2.16. The monoisotopic (exact) mass is 221 g/mol. The van der Waals surface area contributed by atoms with Crippen molar-refractivity contribution in [2.75, 3.05) is 0 Å². The minimum Gasteiger partial charge on any atom is -0.219 e. The number of hydrogen-bond donors (Lipinski definition) is 0. The van der Waals surface area contributed by atoms with Crippen molar-refractivity contribution in [2.45, 2.75) is 5.88 Å². The SMILES string of the molecule is Fc1ccc(CCl)c(-c2ccccc2)n1. The normalized spacial score (nSPS) is 10.3. The van der Waals surface area contributed by atoms with Gasteiger partial charge in [0.05, 0.1) is 5.69 Å². The van der Waals surface area contributed by atoms with Gasteiger partial charge in [-0.3, -0.25) is 0 Å². The molecule has 1 aromatic heterocycles. The van der Waals surface area contributed by atoms with E-state index in [0.29, 0.717) is 11.6 Å². The van der Waals surface area contributed by atoms with Crippen molar-refractivity contribution in [1.29, 1.82) is 0 Å². The summed E-state index contributed by atoms with van der Waals surface area (Å²) in [6.45, 7) is 0. The average molecular weight is 222 g/mol. The molecule has 0 bridgehead atoms. The molecule has 2 rings (SSSR count). The van der Waals surface area contributed by atoms with Crippen LogP contribution in [0.3, 0.4) is 0 Å². The largest absolute Gasteiger partial charge is 0.219 e. The first-order chi connectivity index (χ1) is 7.31. The third-order valence-electron chi connectivity index (χ3n) is 2.14. The summed E-state index contributed by atoms with van der Waals surface area (Å²) in [5.74, 6) is -0.153. The highest BCUT2D eigenvalue weighted by atomic mass is 35.5. The van der Waals surface area contributed by atoms with Gasteiger partial charge in [-0.25, -0.2) is 4.98 Å². The lowest BCUT2D eigenvalue weighted by molar-refractivity contribution is 0.584. The number of halogens is 2. The second-order valence-corrected chi connectivity index (χ2v) is 3.41. The maximum Gasteiger partial charge on any atom is 0.213 e. The van der Waals surface area contributed by atoms with Crippen LogP contribution in [-0.2, 0) is 5.88 Å². The van der Waals surface area contributed by atoms with Crippen molar-refractivity contribution in [3.8, 4) is 11.3 Å². The maximum atomic E-state index is 13.0. The molecule has 0 spiro atoms. The summed E-state index contributed by atoms with van der Waals surface area (Å²) in [7, 11) is 0. The summed E-state index contributed by atoms with van der Waals surface area (Å²) in [4.78, 5) is 3.86. The predicted octanol–water partition coefficient (Wildman–Crippen LogP) is 3.63. The Labute approximate surface area is 92.5 Å². The van der Waals surface area contributed by atoms with Crippen LogP contribution in [0, 0.1) is 5.95 Å². The molecule has 0 aliphatic carbocycles. The van der Waals surface area contributed by atoms with Crippen molar-refractivity contribution in [3.63, 3.8) is 0 Å². The van der Waals surface area contributed by atoms with Crippen molar-refractivity contribution >= 4 is 11.6 Å². The van der Waals surface area contributed by atoms with Crippen molar-refractivity contribution in [2.24, 2.45) is 0 Å². The molecule has 1 heterocycles. The summed E-state index contributed by atoms with van der Waals surface area (Å²) in [5, 5.41) is 0. The summed E-state index contributed by atoms with van der Waals surface area (Å²) in [5.41, 5.74) is 2.34. The zero-order valence-electron chi connectivity index (χ0n) is 7.95. The van der Waals surface area contributed by atoms with Gasteiger partial charge in [-0.05, 0) is 11.6 Å². The Morgan fingerprint density at radius 3 is 2.47 bits per heavy atom. The molecule has 0 amide bonds. The molecular weight excluding hydrogens is 213 g/mol. The molecule has 2 aromatic rings. The van der Waals surface area contributed by atoms with Gasteiger partial charge in [-0.2, -0.15) is 4.39 Å². The van der Waals surface area contributed by atoms with E-state index < -0.39 is 5.95 Å². The van der Waals surface area contributed by atoms with Gasteiger partial charge in [-0.15, -0.1) is 11.6 Å². The minimum atomic E-state index is -0.484. The quantitative estimate of drug-likeness (QED) is 0.558. The van der Waals surface area contributed by atoms with E-state index in [1.165, 1.54) is 6.07 Å². The number of benzene rings is 1. The lowest BCUT2D eigenvalue weighted by Gasteiger charge is -2.05. The van der Waals surface area contributed by atoms with Gasteiger partial charge in [0.1, 0.15) is 0 Å². The summed E-state index contributed by atoms with van der Waals surface area (Å²) < 4.78 is 13.0. The number of rotatable bonds is 2. The molecule has 0 aliphatic heterocycles. The topological polar surface area (TPSA) is 12.9 Å². The molecule has 76 valence electrons. The molecule has 0 unspecified atom stereocenters. The molecule has 0 saturated heterocycles. The highest BCUT2D eigenvalue weighted by Crippen LogP contribution is 2.22. The molecule has 3 heteroatoms. The van der Waals surface area contributed by atoms with Crippen LogP contribution in [0.15, 0.2) is 42.5 Å². The first kappa shape index (κ1) is 10.1. The van der Waals surface area contributed by atoms with Gasteiger partial charge in [0.2, 0.25) is 5.95 Å². The van der Waals surface area contributed by atoms with Gasteiger partial charge in [-0.1, -0.05) is 36.4 Å². The fourth-order valence-electron chi connectivity index (χ4n) is 1.42. The number of pyridine rings is 1. The summed E-state index contributed by atoms with van der Waals surface area (Å²) in [6.07, 6.45) is 0. The number of aromatic nitrogens is 1. The average Bonchev–Trinajstić information content (AvgIpc) is 2.30. The molecule has 0 N–H and O–H groups in total. The Morgan fingerprint density at radius 1 is 1.07 bits per heavy atom. The van der Waals surface area contributed by atoms with E-state index in [1.54, 1.807) is 6.07 Å². The van der Waals surface area contributed by atoms with Crippen molar-refractivity contribution in [1.82, 2.24) is 4.98 Å². The fourth-order valence-corrected chi connectivity index (χ4v) is 1.63. The summed E-state index contributed by atoms with van der Waals surface area (Å²) in [6, 6.07) is 12.4. The second-order valence-electron chi connectivity index (χ2n) is 3.14. The van der Waals surface area contributed by atoms with Crippen LogP contribution >= 0.6 is 11.6 Å². The number of hydrogen-bond acceptors (Lipinski definition) is 1. The standard InChI is InChI=1S/C12H9ClFN/c13-8-10-6-7-11(14)15-12(10)9-4-2-1-3-5-9/h1-7H,8H2. The Bertz CT molecular complexity index is 456. The van der Waals surface area contributed by atoms with Crippen LogP contribution in [0.1, 0.15) is 5.56 Å². The van der Waals surface area contributed by atoms with Crippen LogP contribution in [0.5, 0.6) is 0 Å². The van der Waals surface area contributed by atoms with E-state index in [-0.39, 0.29) is 0 Å². The molecular formula is C12H9ClFN. The predicted molar refractivity (Wildman–Crippen MR) is 59.2 cm³/mol. The van der Waals surface area contributed by atoms with Crippen molar-refractivity contribution < 1.29 is 4.39 Å². The first-order valence-corrected chi connectivity index (χ1v) is 5.11. The van der Waals surface area contributed by atoms with Crippen LogP contribution < -0.4 is 0 Å². The summed E-state index contributed by atoms with van der Waals surface area (Å²) >= 11 is 5.77. The van der Waals surface area contributed by atoms with E-state index in [0.717, 1.165) is 11.1 Å². The third-order valence-corrected chi connectivity index (χ3v) is 2.42. The highest BCUT2D eigenvalue weighted by molar-refractivity contribution is 6.17. The molecule has 0 fully saturated rings. The zero-order valence-corrected chi connectivity index (χ0v) is 8.71. The molecule has 0 aliphatic rings. The highest BCUT2D eigenvalue weighted by Gasteiger charge is 2.06. The van der Waals surface area contributed by atoms with E-state index in [1.807, 2.05) is 30.3 Å². The van der Waals surface area contributed by atoms with Crippen LogP contribution in [-0.4, -0.2) is 4.98 Å². The fraction of sp³-hybridized carbons (Fsp3) is 0.0833. The minimum absolute atomic E-state index is 0.331. The molecule has 0 saturated carbocycles. The van der Waals surface area contributed by atoms with E-state index in [2.05, 4.69) is 4.98 Å². The van der Waals surface area contributed by atoms with E-state index in [4.69, 9.17) is 11.6 Å². The lowest BCUT2D eigenvalue weighted by Crippen LogP contribution is -1.93. The van der Waals surface area contributed by atoms with Gasteiger partial charge in [0.15, 0.2) is 0 Å². The van der Waals surface area contributed by atoms with Gasteiger partial charge < -0.3 is 0 Å². The van der Waals surface area contributed by atoms with Gasteiger partial charge >= 0.3 is 0 Å². The molecule has 1 nitrogen and oxygen atoms in total. The smallest absolute Gasteiger partial charge is 0.213 e.